The smallest absolute Gasteiger partial charge is 0.240 e. The van der Waals surface area contributed by atoms with Gasteiger partial charge in [0.2, 0.25) is 5.91 Å². The second-order valence-corrected chi connectivity index (χ2v) is 7.07. The summed E-state index contributed by atoms with van der Waals surface area (Å²) in [5.41, 5.74) is 0. The van der Waals surface area contributed by atoms with E-state index in [1.807, 2.05) is 0 Å². The van der Waals surface area contributed by atoms with Gasteiger partial charge in [-0.25, -0.2) is 8.42 Å². The Labute approximate surface area is 102 Å². The van der Waals surface area contributed by atoms with Crippen molar-refractivity contribution in [3.05, 3.63) is 0 Å². The summed E-state index contributed by atoms with van der Waals surface area (Å²) >= 11 is 5.74. The quantitative estimate of drug-likeness (QED) is 0.714. The molecule has 0 spiro atoms. The summed E-state index contributed by atoms with van der Waals surface area (Å²) in [5, 5.41) is -0.931. The SMILES string of the molecule is CC(C(=O)N1CCC(CCl)CC1)S(C)(=O)=O. The van der Waals surface area contributed by atoms with Gasteiger partial charge in [-0.1, -0.05) is 0 Å². The summed E-state index contributed by atoms with van der Waals surface area (Å²) in [4.78, 5) is 13.5. The number of rotatable bonds is 3. The number of likely N-dealkylation sites (tertiary alicyclic amines) is 1. The molecule has 1 unspecified atom stereocenters. The molecule has 0 aromatic rings. The van der Waals surface area contributed by atoms with E-state index in [0.717, 1.165) is 19.1 Å². The Hall–Kier alpha value is -0.290. The van der Waals surface area contributed by atoms with Gasteiger partial charge in [-0.2, -0.15) is 0 Å². The number of piperidine rings is 1. The summed E-state index contributed by atoms with van der Waals surface area (Å²) in [6.07, 6.45) is 2.83. The molecular formula is C10H18ClNO3S. The summed E-state index contributed by atoms with van der Waals surface area (Å²) in [5.74, 6) is 0.790. The zero-order chi connectivity index (χ0) is 12.3. The van der Waals surface area contributed by atoms with Crippen LogP contribution < -0.4 is 0 Å². The van der Waals surface area contributed by atoms with Gasteiger partial charge in [-0.05, 0) is 25.7 Å². The predicted molar refractivity (Wildman–Crippen MR) is 64.3 cm³/mol. The highest BCUT2D eigenvalue weighted by Gasteiger charge is 2.30. The van der Waals surface area contributed by atoms with Gasteiger partial charge in [-0.3, -0.25) is 4.79 Å². The Morgan fingerprint density at radius 1 is 1.44 bits per heavy atom. The molecule has 0 radical (unpaired) electrons. The summed E-state index contributed by atoms with van der Waals surface area (Å²) in [6, 6.07) is 0. The van der Waals surface area contributed by atoms with Gasteiger partial charge < -0.3 is 4.90 Å². The number of hydrogen-bond donors (Lipinski definition) is 0. The zero-order valence-corrected chi connectivity index (χ0v) is 11.2. The Kier molecular flexibility index (Phi) is 4.62. The number of sulfone groups is 1. The van der Waals surface area contributed by atoms with Crippen LogP contribution in [0.2, 0.25) is 0 Å². The lowest BCUT2D eigenvalue weighted by Gasteiger charge is -2.32. The standard InChI is InChI=1S/C10H18ClNO3S/c1-8(16(2,14)15)10(13)12-5-3-9(7-11)4-6-12/h8-9H,3-7H2,1-2H3. The molecule has 1 heterocycles. The van der Waals surface area contributed by atoms with Gasteiger partial charge in [0, 0.05) is 25.2 Å². The molecule has 0 aromatic heterocycles. The largest absolute Gasteiger partial charge is 0.342 e. The average molecular weight is 268 g/mol. The molecule has 1 saturated heterocycles. The van der Waals surface area contributed by atoms with Crippen molar-refractivity contribution in [1.82, 2.24) is 4.90 Å². The average Bonchev–Trinajstić information content (AvgIpc) is 2.26. The third-order valence-corrected chi connectivity index (χ3v) is 5.06. The van der Waals surface area contributed by atoms with E-state index in [2.05, 4.69) is 0 Å². The van der Waals surface area contributed by atoms with E-state index in [4.69, 9.17) is 11.6 Å². The molecule has 0 aliphatic carbocycles. The minimum atomic E-state index is -3.29. The van der Waals surface area contributed by atoms with Crippen LogP contribution in [-0.2, 0) is 14.6 Å². The van der Waals surface area contributed by atoms with Crippen LogP contribution in [0, 0.1) is 5.92 Å². The lowest BCUT2D eigenvalue weighted by Crippen LogP contribution is -2.45. The van der Waals surface area contributed by atoms with Gasteiger partial charge in [0.25, 0.3) is 0 Å². The van der Waals surface area contributed by atoms with Gasteiger partial charge in [0.05, 0.1) is 0 Å². The molecule has 1 rings (SSSR count). The van der Waals surface area contributed by atoms with Crippen molar-refractivity contribution in [2.45, 2.75) is 25.0 Å². The van der Waals surface area contributed by atoms with Crippen LogP contribution in [-0.4, -0.2) is 49.7 Å². The number of halogens is 1. The topological polar surface area (TPSA) is 54.5 Å². The predicted octanol–water partition coefficient (Wildman–Crippen LogP) is 0.897. The lowest BCUT2D eigenvalue weighted by molar-refractivity contribution is -0.131. The molecule has 0 N–H and O–H groups in total. The third kappa shape index (κ3) is 3.35. The van der Waals surface area contributed by atoms with E-state index in [9.17, 15) is 13.2 Å². The van der Waals surface area contributed by atoms with Crippen molar-refractivity contribution < 1.29 is 13.2 Å². The Balaban J connectivity index is 2.57. The van der Waals surface area contributed by atoms with Gasteiger partial charge in [-0.15, -0.1) is 11.6 Å². The lowest BCUT2D eigenvalue weighted by atomic mass is 9.99. The van der Waals surface area contributed by atoms with Crippen LogP contribution in [0.1, 0.15) is 19.8 Å². The zero-order valence-electron chi connectivity index (χ0n) is 9.65. The number of nitrogens with zero attached hydrogens (tertiary/aromatic N) is 1. The van der Waals surface area contributed by atoms with E-state index in [-0.39, 0.29) is 5.91 Å². The minimum Gasteiger partial charge on any atom is -0.342 e. The molecule has 1 fully saturated rings. The van der Waals surface area contributed by atoms with E-state index < -0.39 is 15.1 Å². The van der Waals surface area contributed by atoms with Gasteiger partial charge in [0.1, 0.15) is 5.25 Å². The second-order valence-electron chi connectivity index (χ2n) is 4.39. The fraction of sp³-hybridized carbons (Fsp3) is 0.900. The van der Waals surface area contributed by atoms with Crippen LogP contribution in [0.3, 0.4) is 0 Å². The fourth-order valence-electron chi connectivity index (χ4n) is 1.75. The van der Waals surface area contributed by atoms with E-state index in [0.29, 0.717) is 24.9 Å². The third-order valence-electron chi connectivity index (χ3n) is 3.13. The Morgan fingerprint density at radius 3 is 2.31 bits per heavy atom. The molecule has 1 amide bonds. The van der Waals surface area contributed by atoms with Crippen LogP contribution >= 0.6 is 11.6 Å². The van der Waals surface area contributed by atoms with Crippen LogP contribution in [0.5, 0.6) is 0 Å². The van der Waals surface area contributed by atoms with Crippen LogP contribution in [0.25, 0.3) is 0 Å². The molecule has 6 heteroatoms. The molecule has 0 saturated carbocycles. The van der Waals surface area contributed by atoms with Gasteiger partial charge >= 0.3 is 0 Å². The molecule has 16 heavy (non-hydrogen) atoms. The normalized spacial score (nSPS) is 20.8. The highest BCUT2D eigenvalue weighted by atomic mass is 35.5. The second kappa shape index (κ2) is 5.36. The minimum absolute atomic E-state index is 0.282. The highest BCUT2D eigenvalue weighted by Crippen LogP contribution is 2.19. The maximum absolute atomic E-state index is 11.9. The van der Waals surface area contributed by atoms with Gasteiger partial charge in [0.15, 0.2) is 9.84 Å². The monoisotopic (exact) mass is 267 g/mol. The first kappa shape index (κ1) is 13.8. The molecule has 1 aliphatic rings. The Bertz CT molecular complexity index is 347. The Morgan fingerprint density at radius 2 is 1.94 bits per heavy atom. The molecule has 0 bridgehead atoms. The van der Waals surface area contributed by atoms with Crippen LogP contribution in [0.4, 0.5) is 0 Å². The summed E-state index contributed by atoms with van der Waals surface area (Å²) in [6.45, 7) is 2.69. The first-order valence-corrected chi connectivity index (χ1v) is 7.88. The highest BCUT2D eigenvalue weighted by molar-refractivity contribution is 7.92. The van der Waals surface area contributed by atoms with Crippen molar-refractivity contribution in [3.8, 4) is 0 Å². The molecule has 1 atom stereocenters. The number of amides is 1. The first-order valence-electron chi connectivity index (χ1n) is 5.40. The summed E-state index contributed by atoms with van der Waals surface area (Å²) in [7, 11) is -3.29. The molecule has 4 nitrogen and oxygen atoms in total. The van der Waals surface area contributed by atoms with Crippen LogP contribution in [0.15, 0.2) is 0 Å². The molecule has 94 valence electrons. The first-order chi connectivity index (χ1) is 7.36. The van der Waals surface area contributed by atoms with E-state index in [1.54, 1.807) is 4.90 Å². The number of carbonyl (C=O) groups is 1. The fourth-order valence-corrected chi connectivity index (χ4v) is 2.57. The van der Waals surface area contributed by atoms with Crippen molar-refractivity contribution in [2.24, 2.45) is 5.92 Å². The number of alkyl halides is 1. The molecule has 1 aliphatic heterocycles. The van der Waals surface area contributed by atoms with Crippen molar-refractivity contribution in [1.29, 1.82) is 0 Å². The van der Waals surface area contributed by atoms with Crippen molar-refractivity contribution in [3.63, 3.8) is 0 Å². The van der Waals surface area contributed by atoms with E-state index in [1.165, 1.54) is 6.92 Å². The van der Waals surface area contributed by atoms with Crippen molar-refractivity contribution in [2.75, 3.05) is 25.2 Å². The van der Waals surface area contributed by atoms with Crippen molar-refractivity contribution >= 4 is 27.3 Å². The number of carbonyl (C=O) groups excluding carboxylic acids is 1. The molecular weight excluding hydrogens is 250 g/mol. The number of hydrogen-bond acceptors (Lipinski definition) is 3. The molecule has 0 aromatic carbocycles. The summed E-state index contributed by atoms with van der Waals surface area (Å²) < 4.78 is 22.5. The maximum atomic E-state index is 11.9. The maximum Gasteiger partial charge on any atom is 0.240 e. The van der Waals surface area contributed by atoms with E-state index >= 15 is 0 Å².